The van der Waals surface area contributed by atoms with Crippen molar-refractivity contribution < 1.29 is 32.6 Å². The van der Waals surface area contributed by atoms with Gasteiger partial charge in [-0.3, -0.25) is 9.69 Å². The summed E-state index contributed by atoms with van der Waals surface area (Å²) in [4.78, 5) is 26.2. The number of amides is 1. The molecule has 1 aromatic rings. The summed E-state index contributed by atoms with van der Waals surface area (Å²) in [6.07, 6.45) is -2.29. The summed E-state index contributed by atoms with van der Waals surface area (Å²) >= 11 is 1.66. The first kappa shape index (κ1) is 24.6. The molecule has 1 spiro atoms. The second kappa shape index (κ2) is 10.6. The van der Waals surface area contributed by atoms with Crippen LogP contribution in [0.25, 0.3) is 0 Å². The molecule has 0 saturated carbocycles. The van der Waals surface area contributed by atoms with Crippen molar-refractivity contribution in [1.82, 2.24) is 9.80 Å². The molecule has 0 bridgehead atoms. The number of alkyl halides is 3. The lowest BCUT2D eigenvalue weighted by atomic mass is 9.79. The number of ether oxygens (including phenoxy) is 1. The van der Waals surface area contributed by atoms with Gasteiger partial charge in [-0.2, -0.15) is 24.5 Å². The molecule has 30 heavy (non-hydrogen) atoms. The Labute approximate surface area is 178 Å². The van der Waals surface area contributed by atoms with E-state index in [1.165, 1.54) is 6.42 Å². The fourth-order valence-corrected chi connectivity index (χ4v) is 4.48. The van der Waals surface area contributed by atoms with Crippen LogP contribution in [0.5, 0.6) is 0 Å². The van der Waals surface area contributed by atoms with Crippen LogP contribution in [0.3, 0.4) is 0 Å². The lowest BCUT2D eigenvalue weighted by molar-refractivity contribution is -0.192. The Morgan fingerprint density at radius 1 is 1.30 bits per heavy atom. The number of carboxylic acids is 1. The number of thiophene rings is 1. The summed E-state index contributed by atoms with van der Waals surface area (Å²) in [6.45, 7) is 9.89. The maximum absolute atomic E-state index is 12.7. The number of halogens is 3. The van der Waals surface area contributed by atoms with Crippen LogP contribution in [-0.4, -0.2) is 78.4 Å². The Morgan fingerprint density at radius 3 is 2.57 bits per heavy atom. The highest BCUT2D eigenvalue weighted by Gasteiger charge is 2.40. The summed E-state index contributed by atoms with van der Waals surface area (Å²) < 4.78 is 37.7. The number of aliphatic carboxylic acids is 1. The minimum absolute atomic E-state index is 0.114. The van der Waals surface area contributed by atoms with Crippen molar-refractivity contribution in [2.24, 2.45) is 5.41 Å². The second-order valence-electron chi connectivity index (χ2n) is 8.15. The Hall–Kier alpha value is -1.65. The van der Waals surface area contributed by atoms with Crippen LogP contribution in [0, 0.1) is 5.41 Å². The van der Waals surface area contributed by atoms with Crippen molar-refractivity contribution in [1.29, 1.82) is 0 Å². The molecule has 1 unspecified atom stereocenters. The molecule has 3 rings (SSSR count). The highest BCUT2D eigenvalue weighted by atomic mass is 32.1. The number of hydrogen-bond donors (Lipinski definition) is 1. The molecule has 2 aliphatic rings. The van der Waals surface area contributed by atoms with Crippen LogP contribution in [0.2, 0.25) is 0 Å². The van der Waals surface area contributed by atoms with Crippen LogP contribution in [0.15, 0.2) is 16.8 Å². The molecular weight excluding hydrogens is 421 g/mol. The third-order valence-corrected chi connectivity index (χ3v) is 6.12. The molecule has 2 aliphatic heterocycles. The van der Waals surface area contributed by atoms with Gasteiger partial charge in [-0.25, -0.2) is 4.79 Å². The van der Waals surface area contributed by atoms with Crippen molar-refractivity contribution in [3.05, 3.63) is 22.4 Å². The van der Waals surface area contributed by atoms with E-state index in [-0.39, 0.29) is 11.3 Å². The van der Waals surface area contributed by atoms with Gasteiger partial charge in [0.2, 0.25) is 5.91 Å². The topological polar surface area (TPSA) is 70.1 Å². The van der Waals surface area contributed by atoms with Gasteiger partial charge >= 0.3 is 12.1 Å². The highest BCUT2D eigenvalue weighted by Crippen LogP contribution is 2.34. The van der Waals surface area contributed by atoms with Gasteiger partial charge in [-0.05, 0) is 49.1 Å². The van der Waals surface area contributed by atoms with Crippen LogP contribution in [0.4, 0.5) is 13.2 Å². The molecule has 2 fully saturated rings. The summed E-state index contributed by atoms with van der Waals surface area (Å²) in [7, 11) is 0. The summed E-state index contributed by atoms with van der Waals surface area (Å²) in [5.41, 5.74) is 1.25. The first-order chi connectivity index (χ1) is 14.0. The maximum Gasteiger partial charge on any atom is 0.490 e. The molecule has 1 amide bonds. The number of hydrogen-bond acceptors (Lipinski definition) is 5. The molecule has 0 radical (unpaired) electrons. The van der Waals surface area contributed by atoms with E-state index < -0.39 is 12.1 Å². The number of carbonyl (C=O) groups excluding carboxylic acids is 1. The molecule has 3 heterocycles. The maximum atomic E-state index is 12.7. The van der Waals surface area contributed by atoms with Crippen LogP contribution in [-0.2, 0) is 20.7 Å². The first-order valence-electron chi connectivity index (χ1n) is 9.93. The Kier molecular flexibility index (Phi) is 8.69. The number of nitrogens with zero attached hydrogens (tertiary/aromatic N) is 2. The fourth-order valence-electron chi connectivity index (χ4n) is 3.81. The minimum atomic E-state index is -5.08. The van der Waals surface area contributed by atoms with Crippen molar-refractivity contribution in [3.8, 4) is 0 Å². The molecule has 1 N–H and O–H groups in total. The lowest BCUT2D eigenvalue weighted by Crippen LogP contribution is -2.53. The van der Waals surface area contributed by atoms with Gasteiger partial charge < -0.3 is 14.7 Å². The van der Waals surface area contributed by atoms with Crippen LogP contribution in [0.1, 0.15) is 32.3 Å². The van der Waals surface area contributed by atoms with Gasteiger partial charge in [0.25, 0.3) is 0 Å². The fraction of sp³-hybridized carbons (Fsp3) is 0.700. The smallest absolute Gasteiger partial charge is 0.475 e. The molecular formula is C20H29F3N2O4S. The zero-order valence-corrected chi connectivity index (χ0v) is 18.1. The van der Waals surface area contributed by atoms with Gasteiger partial charge in [0.15, 0.2) is 0 Å². The molecule has 0 aliphatic carbocycles. The SMILES string of the molecule is CC(C)N1CCOCC2(CCCN(C(=O)Cc3ccsc3)C2)C1.O=C(O)C(F)(F)F. The summed E-state index contributed by atoms with van der Waals surface area (Å²) in [6, 6.07) is 2.59. The standard InChI is InChI=1S/C18H28N2O2S.C2HF3O2/c1-15(2)19-7-8-22-14-18(12-19)5-3-6-20(13-18)17(21)10-16-4-9-23-11-16;3-2(4,5)1(6)7/h4,9,11,15H,3,5-8,10,12-14H2,1-2H3;(H,6,7). The number of carbonyl (C=O) groups is 2. The predicted octanol–water partition coefficient (Wildman–Crippen LogP) is 3.27. The van der Waals surface area contributed by atoms with E-state index in [0.717, 1.165) is 51.4 Å². The van der Waals surface area contributed by atoms with Crippen LogP contribution >= 0.6 is 11.3 Å². The van der Waals surface area contributed by atoms with Gasteiger partial charge in [-0.15, -0.1) is 0 Å². The van der Waals surface area contributed by atoms with Gasteiger partial charge in [0, 0.05) is 37.6 Å². The molecule has 10 heteroatoms. The normalized spacial score (nSPS) is 23.1. The van der Waals surface area contributed by atoms with Crippen LogP contribution < -0.4 is 0 Å². The lowest BCUT2D eigenvalue weighted by Gasteiger charge is -2.44. The quantitative estimate of drug-likeness (QED) is 0.766. The van der Waals surface area contributed by atoms with E-state index in [4.69, 9.17) is 14.6 Å². The zero-order chi connectivity index (χ0) is 22.4. The van der Waals surface area contributed by atoms with E-state index in [1.54, 1.807) is 11.3 Å². The molecule has 1 atom stereocenters. The summed E-state index contributed by atoms with van der Waals surface area (Å²) in [5.74, 6) is -2.49. The number of likely N-dealkylation sites (tertiary alicyclic amines) is 1. The van der Waals surface area contributed by atoms with E-state index in [0.29, 0.717) is 12.5 Å². The van der Waals surface area contributed by atoms with Gasteiger partial charge in [0.05, 0.1) is 19.6 Å². The second-order valence-corrected chi connectivity index (χ2v) is 8.93. The Bertz CT molecular complexity index is 697. The predicted molar refractivity (Wildman–Crippen MR) is 107 cm³/mol. The average molecular weight is 451 g/mol. The van der Waals surface area contributed by atoms with Crippen molar-refractivity contribution >= 4 is 23.2 Å². The van der Waals surface area contributed by atoms with E-state index in [2.05, 4.69) is 35.1 Å². The first-order valence-corrected chi connectivity index (χ1v) is 10.9. The number of rotatable bonds is 3. The average Bonchev–Trinajstić information content (AvgIpc) is 3.08. The van der Waals surface area contributed by atoms with Gasteiger partial charge in [0.1, 0.15) is 0 Å². The Morgan fingerprint density at radius 2 is 2.00 bits per heavy atom. The number of carboxylic acid groups (broad SMARTS) is 1. The number of piperidine rings is 1. The molecule has 1 aromatic heterocycles. The largest absolute Gasteiger partial charge is 0.490 e. The van der Waals surface area contributed by atoms with Crippen molar-refractivity contribution in [2.45, 2.75) is 45.3 Å². The van der Waals surface area contributed by atoms with Crippen molar-refractivity contribution in [2.75, 3.05) is 39.4 Å². The third-order valence-electron chi connectivity index (χ3n) is 5.39. The van der Waals surface area contributed by atoms with Crippen molar-refractivity contribution in [3.63, 3.8) is 0 Å². The Balaban J connectivity index is 0.000000396. The monoisotopic (exact) mass is 450 g/mol. The highest BCUT2D eigenvalue weighted by molar-refractivity contribution is 7.08. The van der Waals surface area contributed by atoms with E-state index in [9.17, 15) is 18.0 Å². The minimum Gasteiger partial charge on any atom is -0.475 e. The van der Waals surface area contributed by atoms with E-state index in [1.807, 2.05) is 5.38 Å². The van der Waals surface area contributed by atoms with E-state index >= 15 is 0 Å². The molecule has 0 aromatic carbocycles. The van der Waals surface area contributed by atoms with Gasteiger partial charge in [-0.1, -0.05) is 0 Å². The molecule has 6 nitrogen and oxygen atoms in total. The third kappa shape index (κ3) is 7.24. The summed E-state index contributed by atoms with van der Waals surface area (Å²) in [5, 5.41) is 11.2. The molecule has 170 valence electrons. The molecule has 2 saturated heterocycles. The zero-order valence-electron chi connectivity index (χ0n) is 17.3.